The molecule has 0 N–H and O–H groups in total. The van der Waals surface area contributed by atoms with Crippen molar-refractivity contribution in [1.29, 1.82) is 0 Å². The summed E-state index contributed by atoms with van der Waals surface area (Å²) in [6.45, 7) is 11.7. The third-order valence-corrected chi connectivity index (χ3v) is 7.39. The van der Waals surface area contributed by atoms with Crippen LogP contribution in [-0.4, -0.2) is 0 Å². The van der Waals surface area contributed by atoms with E-state index in [9.17, 15) is 0 Å². The number of hydrogen-bond acceptors (Lipinski definition) is 0. The zero-order valence-electron chi connectivity index (χ0n) is 13.8. The topological polar surface area (TPSA) is 0 Å². The molecule has 20 heavy (non-hydrogen) atoms. The Labute approximate surface area is 125 Å². The molecule has 3 rings (SSSR count). The molecule has 2 saturated carbocycles. The first kappa shape index (κ1) is 14.4. The smallest absolute Gasteiger partial charge is 0.00532 e. The minimum atomic E-state index is 0.583. The summed E-state index contributed by atoms with van der Waals surface area (Å²) in [6, 6.07) is 0. The average molecular weight is 272 g/mol. The molecule has 0 heteroatoms. The van der Waals surface area contributed by atoms with Gasteiger partial charge in [0, 0.05) is 0 Å². The summed E-state index contributed by atoms with van der Waals surface area (Å²) in [6.07, 6.45) is 16.0. The van der Waals surface area contributed by atoms with Gasteiger partial charge in [0.2, 0.25) is 0 Å². The van der Waals surface area contributed by atoms with Gasteiger partial charge >= 0.3 is 0 Å². The molecule has 0 saturated heterocycles. The van der Waals surface area contributed by atoms with Gasteiger partial charge in [-0.15, -0.1) is 6.58 Å². The lowest BCUT2D eigenvalue weighted by molar-refractivity contribution is -0.0677. The van der Waals surface area contributed by atoms with Crippen molar-refractivity contribution in [2.75, 3.05) is 0 Å². The maximum Gasteiger partial charge on any atom is -0.00532 e. The predicted octanol–water partition coefficient (Wildman–Crippen LogP) is 6.14. The first-order valence-corrected chi connectivity index (χ1v) is 8.86. The van der Waals surface area contributed by atoms with Gasteiger partial charge in [-0.1, -0.05) is 51.3 Å². The van der Waals surface area contributed by atoms with E-state index in [1.807, 2.05) is 0 Å². The lowest BCUT2D eigenvalue weighted by atomic mass is 9.45. The zero-order chi connectivity index (χ0) is 14.4. The number of fused-ring (bicyclic) bond motifs is 3. The molecular formula is C20H32. The predicted molar refractivity (Wildman–Crippen MR) is 87.6 cm³/mol. The van der Waals surface area contributed by atoms with Crippen molar-refractivity contribution in [3.63, 3.8) is 0 Å². The molecule has 0 radical (unpaired) electrons. The molecule has 5 atom stereocenters. The molecule has 0 aromatic heterocycles. The van der Waals surface area contributed by atoms with Gasteiger partial charge in [0.05, 0.1) is 0 Å². The Morgan fingerprint density at radius 2 is 2.05 bits per heavy atom. The van der Waals surface area contributed by atoms with E-state index in [2.05, 4.69) is 39.5 Å². The highest BCUT2D eigenvalue weighted by Gasteiger charge is 2.54. The molecule has 3 aliphatic rings. The second-order valence-electron chi connectivity index (χ2n) is 8.23. The second-order valence-corrected chi connectivity index (χ2v) is 8.23. The van der Waals surface area contributed by atoms with E-state index in [-0.39, 0.29) is 0 Å². The van der Waals surface area contributed by atoms with Crippen molar-refractivity contribution in [2.45, 2.75) is 72.1 Å². The molecule has 0 heterocycles. The minimum absolute atomic E-state index is 0.583. The molecule has 0 bridgehead atoms. The highest BCUT2D eigenvalue weighted by molar-refractivity contribution is 5.23. The van der Waals surface area contributed by atoms with E-state index in [0.717, 1.165) is 11.8 Å². The average Bonchev–Trinajstić information content (AvgIpc) is 2.46. The molecule has 0 spiro atoms. The zero-order valence-corrected chi connectivity index (χ0v) is 13.8. The van der Waals surface area contributed by atoms with Gasteiger partial charge in [-0.3, -0.25) is 0 Å². The van der Waals surface area contributed by atoms with Crippen molar-refractivity contribution in [1.82, 2.24) is 0 Å². The first-order chi connectivity index (χ1) is 9.53. The van der Waals surface area contributed by atoms with Crippen molar-refractivity contribution < 1.29 is 0 Å². The van der Waals surface area contributed by atoms with Crippen LogP contribution in [-0.2, 0) is 0 Å². The van der Waals surface area contributed by atoms with Crippen molar-refractivity contribution in [2.24, 2.45) is 28.6 Å². The Hall–Kier alpha value is -0.520. The Morgan fingerprint density at radius 1 is 1.25 bits per heavy atom. The molecule has 3 aliphatic carbocycles. The van der Waals surface area contributed by atoms with Crippen LogP contribution in [0.4, 0.5) is 0 Å². The Balaban J connectivity index is 1.94. The van der Waals surface area contributed by atoms with Crippen molar-refractivity contribution >= 4 is 0 Å². The van der Waals surface area contributed by atoms with E-state index in [1.54, 1.807) is 5.57 Å². The molecule has 0 amide bonds. The highest BCUT2D eigenvalue weighted by Crippen LogP contribution is 2.63. The van der Waals surface area contributed by atoms with E-state index in [4.69, 9.17) is 0 Å². The molecule has 4 unspecified atom stereocenters. The summed E-state index contributed by atoms with van der Waals surface area (Å²) in [5, 5.41) is 0. The molecule has 0 aliphatic heterocycles. The fourth-order valence-corrected chi connectivity index (χ4v) is 6.06. The van der Waals surface area contributed by atoms with E-state index < -0.39 is 0 Å². The van der Waals surface area contributed by atoms with Gasteiger partial charge in [-0.2, -0.15) is 0 Å². The lowest BCUT2D eigenvalue weighted by Crippen LogP contribution is -2.51. The van der Waals surface area contributed by atoms with Crippen molar-refractivity contribution in [3.05, 3.63) is 24.3 Å². The third kappa shape index (κ3) is 2.02. The molecule has 2 fully saturated rings. The molecule has 0 nitrogen and oxygen atoms in total. The van der Waals surface area contributed by atoms with Crippen LogP contribution in [0.5, 0.6) is 0 Å². The number of rotatable bonds is 2. The van der Waals surface area contributed by atoms with E-state index in [1.165, 1.54) is 51.4 Å². The van der Waals surface area contributed by atoms with Gasteiger partial charge in [0.25, 0.3) is 0 Å². The van der Waals surface area contributed by atoms with Crippen LogP contribution < -0.4 is 0 Å². The molecule has 0 aromatic carbocycles. The number of hydrogen-bond donors (Lipinski definition) is 0. The second kappa shape index (κ2) is 5.04. The summed E-state index contributed by atoms with van der Waals surface area (Å²) in [5.74, 6) is 2.49. The Bertz CT molecular complexity index is 418. The Kier molecular flexibility index (Phi) is 3.63. The first-order valence-electron chi connectivity index (χ1n) is 8.86. The van der Waals surface area contributed by atoms with Crippen LogP contribution in [0.3, 0.4) is 0 Å². The summed E-state index contributed by atoms with van der Waals surface area (Å²) in [5.41, 5.74) is 2.98. The summed E-state index contributed by atoms with van der Waals surface area (Å²) < 4.78 is 0. The summed E-state index contributed by atoms with van der Waals surface area (Å²) in [4.78, 5) is 0. The quantitative estimate of drug-likeness (QED) is 0.529. The molecular weight excluding hydrogens is 240 g/mol. The summed E-state index contributed by atoms with van der Waals surface area (Å²) >= 11 is 0. The van der Waals surface area contributed by atoms with Crippen LogP contribution in [0.1, 0.15) is 72.1 Å². The SMILES string of the molecule is C=CC1C=C2CCC3C(C)(CCC[C@@]3(C)CC)C2CC1. The highest BCUT2D eigenvalue weighted by atomic mass is 14.6. The van der Waals surface area contributed by atoms with Gasteiger partial charge in [-0.25, -0.2) is 0 Å². The fraction of sp³-hybridized carbons (Fsp3) is 0.800. The van der Waals surface area contributed by atoms with Gasteiger partial charge in [-0.05, 0) is 67.1 Å². The van der Waals surface area contributed by atoms with Gasteiger partial charge < -0.3 is 0 Å². The maximum atomic E-state index is 4.01. The monoisotopic (exact) mass is 272 g/mol. The summed E-state index contributed by atoms with van der Waals surface area (Å²) in [7, 11) is 0. The van der Waals surface area contributed by atoms with Gasteiger partial charge in [0.1, 0.15) is 0 Å². The minimum Gasteiger partial charge on any atom is -0.102 e. The standard InChI is InChI=1S/C20H32/c1-5-15-8-10-17-16(14-15)9-11-18-19(3,6-2)12-7-13-20(17,18)4/h5,14-15,17-18H,1,6-13H2,2-4H3/t15?,17?,18?,19-,20?/m1/s1. The lowest BCUT2D eigenvalue weighted by Gasteiger charge is -2.60. The van der Waals surface area contributed by atoms with Crippen LogP contribution in [0.25, 0.3) is 0 Å². The van der Waals surface area contributed by atoms with Crippen LogP contribution >= 0.6 is 0 Å². The van der Waals surface area contributed by atoms with E-state index >= 15 is 0 Å². The molecule has 112 valence electrons. The molecule has 0 aromatic rings. The van der Waals surface area contributed by atoms with E-state index in [0.29, 0.717) is 16.7 Å². The van der Waals surface area contributed by atoms with Crippen molar-refractivity contribution in [3.8, 4) is 0 Å². The number of allylic oxidation sites excluding steroid dienone is 3. The van der Waals surface area contributed by atoms with Crippen LogP contribution in [0.15, 0.2) is 24.3 Å². The third-order valence-electron chi connectivity index (χ3n) is 7.39. The van der Waals surface area contributed by atoms with Gasteiger partial charge in [0.15, 0.2) is 0 Å². The fourth-order valence-electron chi connectivity index (χ4n) is 6.06. The van der Waals surface area contributed by atoms with Crippen LogP contribution in [0, 0.1) is 28.6 Å². The largest absolute Gasteiger partial charge is 0.102 e. The van der Waals surface area contributed by atoms with Crippen LogP contribution in [0.2, 0.25) is 0 Å². The Morgan fingerprint density at radius 3 is 2.75 bits per heavy atom. The maximum absolute atomic E-state index is 4.01. The normalized spacial score (nSPS) is 48.0.